The molecule has 1 aromatic heterocycles. The lowest BCUT2D eigenvalue weighted by Crippen LogP contribution is -2.61. The number of rotatable bonds is 3. The normalized spacial score (nSPS) is 23.7. The first kappa shape index (κ1) is 12.6. The molecule has 102 valence electrons. The molecule has 0 N–H and O–H groups in total. The van der Waals surface area contributed by atoms with Gasteiger partial charge in [0.25, 0.3) is 0 Å². The molecule has 2 amide bonds. The fourth-order valence-electron chi connectivity index (χ4n) is 2.83. The Morgan fingerprint density at radius 1 is 1.37 bits per heavy atom. The second kappa shape index (κ2) is 5.28. The number of amides is 2. The Labute approximate surface area is 116 Å². The summed E-state index contributed by atoms with van der Waals surface area (Å²) in [6.45, 7) is 1.58. The standard InChI is InChI=1S/C13H17N3O2S/c17-12-9-15(7-4-11-14-5-8-19-11)13(18)10-3-1-2-6-16(10)12/h5,8,10H,1-4,6-7,9H2. The predicted octanol–water partition coefficient (Wildman–Crippen LogP) is 0.909. The smallest absolute Gasteiger partial charge is 0.245 e. The summed E-state index contributed by atoms with van der Waals surface area (Å²) in [7, 11) is 0. The summed E-state index contributed by atoms with van der Waals surface area (Å²) in [6.07, 6.45) is 5.39. The van der Waals surface area contributed by atoms with Crippen molar-refractivity contribution in [3.63, 3.8) is 0 Å². The average molecular weight is 279 g/mol. The maximum absolute atomic E-state index is 12.4. The van der Waals surface area contributed by atoms with Crippen molar-refractivity contribution in [1.29, 1.82) is 0 Å². The van der Waals surface area contributed by atoms with E-state index in [1.807, 2.05) is 5.38 Å². The molecule has 0 aromatic carbocycles. The minimum Gasteiger partial charge on any atom is -0.331 e. The van der Waals surface area contributed by atoms with Crippen LogP contribution in [-0.4, -0.2) is 52.3 Å². The Morgan fingerprint density at radius 3 is 3.05 bits per heavy atom. The molecular weight excluding hydrogens is 262 g/mol. The Hall–Kier alpha value is -1.43. The first-order chi connectivity index (χ1) is 9.25. The summed E-state index contributed by atoms with van der Waals surface area (Å²) in [4.78, 5) is 32.1. The van der Waals surface area contributed by atoms with E-state index >= 15 is 0 Å². The molecule has 0 aliphatic carbocycles. The molecule has 0 radical (unpaired) electrons. The lowest BCUT2D eigenvalue weighted by molar-refractivity contribution is -0.157. The summed E-state index contributed by atoms with van der Waals surface area (Å²) < 4.78 is 0. The van der Waals surface area contributed by atoms with Gasteiger partial charge >= 0.3 is 0 Å². The molecule has 0 spiro atoms. The van der Waals surface area contributed by atoms with Gasteiger partial charge in [0.2, 0.25) is 11.8 Å². The molecule has 2 aliphatic rings. The lowest BCUT2D eigenvalue weighted by Gasteiger charge is -2.42. The lowest BCUT2D eigenvalue weighted by atomic mass is 9.98. The van der Waals surface area contributed by atoms with Gasteiger partial charge in [0, 0.05) is 31.1 Å². The third-order valence-electron chi connectivity index (χ3n) is 3.83. The van der Waals surface area contributed by atoms with Gasteiger partial charge in [-0.2, -0.15) is 0 Å². The minimum atomic E-state index is -0.203. The van der Waals surface area contributed by atoms with E-state index in [9.17, 15) is 9.59 Å². The van der Waals surface area contributed by atoms with Crippen LogP contribution in [0.25, 0.3) is 0 Å². The fraction of sp³-hybridized carbons (Fsp3) is 0.615. The van der Waals surface area contributed by atoms with E-state index in [-0.39, 0.29) is 24.4 Å². The number of carbonyl (C=O) groups excluding carboxylic acids is 2. The third kappa shape index (κ3) is 2.49. The van der Waals surface area contributed by atoms with Crippen molar-refractivity contribution in [3.05, 3.63) is 16.6 Å². The van der Waals surface area contributed by atoms with Crippen molar-refractivity contribution in [2.45, 2.75) is 31.7 Å². The van der Waals surface area contributed by atoms with Crippen LogP contribution in [0.15, 0.2) is 11.6 Å². The van der Waals surface area contributed by atoms with E-state index in [0.717, 1.165) is 37.2 Å². The number of nitrogens with zero attached hydrogens (tertiary/aromatic N) is 3. The molecule has 0 bridgehead atoms. The highest BCUT2D eigenvalue weighted by Gasteiger charge is 2.39. The number of hydrogen-bond acceptors (Lipinski definition) is 4. The van der Waals surface area contributed by atoms with Gasteiger partial charge < -0.3 is 9.80 Å². The number of carbonyl (C=O) groups is 2. The first-order valence-corrected chi connectivity index (χ1v) is 7.60. The van der Waals surface area contributed by atoms with Crippen LogP contribution in [0.4, 0.5) is 0 Å². The SMILES string of the molecule is O=C1C2CCCCN2C(=O)CN1CCc1nccs1. The number of piperidine rings is 1. The quantitative estimate of drug-likeness (QED) is 0.826. The van der Waals surface area contributed by atoms with Crippen LogP contribution < -0.4 is 0 Å². The summed E-state index contributed by atoms with van der Waals surface area (Å²) in [6, 6.07) is -0.203. The predicted molar refractivity (Wildman–Crippen MR) is 71.8 cm³/mol. The number of hydrogen-bond donors (Lipinski definition) is 0. The van der Waals surface area contributed by atoms with Crippen LogP contribution in [0.2, 0.25) is 0 Å². The highest BCUT2D eigenvalue weighted by atomic mass is 32.1. The summed E-state index contributed by atoms with van der Waals surface area (Å²) in [5.74, 6) is 0.222. The summed E-state index contributed by atoms with van der Waals surface area (Å²) in [5.41, 5.74) is 0. The maximum atomic E-state index is 12.4. The van der Waals surface area contributed by atoms with Crippen LogP contribution in [0.5, 0.6) is 0 Å². The molecule has 2 aliphatic heterocycles. The van der Waals surface area contributed by atoms with E-state index < -0.39 is 0 Å². The number of piperazine rings is 1. The number of aromatic nitrogens is 1. The van der Waals surface area contributed by atoms with Crippen LogP contribution in [0.1, 0.15) is 24.3 Å². The molecular formula is C13H17N3O2S. The molecule has 1 atom stereocenters. The average Bonchev–Trinajstić information content (AvgIpc) is 2.95. The molecule has 6 heteroatoms. The van der Waals surface area contributed by atoms with Gasteiger partial charge in [0.05, 0.1) is 11.6 Å². The van der Waals surface area contributed by atoms with Crippen molar-refractivity contribution >= 4 is 23.2 Å². The van der Waals surface area contributed by atoms with E-state index in [4.69, 9.17) is 0 Å². The van der Waals surface area contributed by atoms with Crippen molar-refractivity contribution < 1.29 is 9.59 Å². The molecule has 19 heavy (non-hydrogen) atoms. The largest absolute Gasteiger partial charge is 0.331 e. The van der Waals surface area contributed by atoms with Crippen molar-refractivity contribution in [3.8, 4) is 0 Å². The van der Waals surface area contributed by atoms with E-state index in [0.29, 0.717) is 6.54 Å². The zero-order chi connectivity index (χ0) is 13.2. The second-order valence-electron chi connectivity index (χ2n) is 5.03. The van der Waals surface area contributed by atoms with E-state index in [1.54, 1.807) is 27.3 Å². The van der Waals surface area contributed by atoms with Crippen LogP contribution in [0, 0.1) is 0 Å². The Morgan fingerprint density at radius 2 is 2.26 bits per heavy atom. The first-order valence-electron chi connectivity index (χ1n) is 6.72. The van der Waals surface area contributed by atoms with Crippen molar-refractivity contribution in [2.75, 3.05) is 19.6 Å². The highest BCUT2D eigenvalue weighted by Crippen LogP contribution is 2.23. The third-order valence-corrected chi connectivity index (χ3v) is 4.66. The zero-order valence-electron chi connectivity index (χ0n) is 10.7. The van der Waals surface area contributed by atoms with Gasteiger partial charge in [0.1, 0.15) is 6.04 Å². The molecule has 0 saturated carbocycles. The van der Waals surface area contributed by atoms with Gasteiger partial charge in [0.15, 0.2) is 0 Å². The molecule has 1 aromatic rings. The van der Waals surface area contributed by atoms with Gasteiger partial charge in [-0.3, -0.25) is 9.59 Å². The summed E-state index contributed by atoms with van der Waals surface area (Å²) >= 11 is 1.59. The molecule has 2 saturated heterocycles. The monoisotopic (exact) mass is 279 g/mol. The van der Waals surface area contributed by atoms with Gasteiger partial charge in [-0.05, 0) is 19.3 Å². The van der Waals surface area contributed by atoms with Crippen LogP contribution >= 0.6 is 11.3 Å². The maximum Gasteiger partial charge on any atom is 0.245 e. The Bertz CT molecular complexity index is 474. The van der Waals surface area contributed by atoms with E-state index in [2.05, 4.69) is 4.98 Å². The van der Waals surface area contributed by atoms with E-state index in [1.165, 1.54) is 0 Å². The molecule has 3 heterocycles. The topological polar surface area (TPSA) is 53.5 Å². The van der Waals surface area contributed by atoms with Gasteiger partial charge in [-0.1, -0.05) is 0 Å². The highest BCUT2D eigenvalue weighted by molar-refractivity contribution is 7.09. The van der Waals surface area contributed by atoms with Crippen LogP contribution in [-0.2, 0) is 16.0 Å². The Balaban J connectivity index is 1.65. The van der Waals surface area contributed by atoms with Gasteiger partial charge in [-0.15, -0.1) is 11.3 Å². The van der Waals surface area contributed by atoms with Gasteiger partial charge in [-0.25, -0.2) is 4.98 Å². The zero-order valence-corrected chi connectivity index (χ0v) is 11.6. The Kier molecular flexibility index (Phi) is 3.50. The van der Waals surface area contributed by atoms with Crippen molar-refractivity contribution in [2.24, 2.45) is 0 Å². The number of thiazole rings is 1. The number of fused-ring (bicyclic) bond motifs is 1. The second-order valence-corrected chi connectivity index (χ2v) is 6.01. The molecule has 2 fully saturated rings. The summed E-state index contributed by atoms with van der Waals surface area (Å²) in [5, 5.41) is 2.95. The molecule has 3 rings (SSSR count). The minimum absolute atomic E-state index is 0.100. The van der Waals surface area contributed by atoms with Crippen LogP contribution in [0.3, 0.4) is 0 Å². The fourth-order valence-corrected chi connectivity index (χ4v) is 3.44. The molecule has 1 unspecified atom stereocenters. The van der Waals surface area contributed by atoms with Crippen molar-refractivity contribution in [1.82, 2.24) is 14.8 Å². The molecule has 5 nitrogen and oxygen atoms in total.